The Morgan fingerprint density at radius 2 is 2.20 bits per heavy atom. The third-order valence-corrected chi connectivity index (χ3v) is 2.69. The molecule has 0 radical (unpaired) electrons. The Bertz CT molecular complexity index is 370. The Labute approximate surface area is 105 Å². The molecule has 0 N–H and O–H groups in total. The highest BCUT2D eigenvalue weighted by molar-refractivity contribution is 7.80. The monoisotopic (exact) mass is 263 g/mol. The lowest BCUT2D eigenvalue weighted by molar-refractivity contribution is 0.210. The molecule has 1 unspecified atom stereocenters. The van der Waals surface area contributed by atoms with E-state index in [9.17, 15) is 0 Å². The van der Waals surface area contributed by atoms with Crippen LogP contribution in [0.4, 0.5) is 0 Å². The first-order valence-electron chi connectivity index (χ1n) is 4.57. The molecule has 82 valence electrons. The topological polar surface area (TPSA) is 22.1 Å². The summed E-state index contributed by atoms with van der Waals surface area (Å²) in [7, 11) is 0. The van der Waals surface area contributed by atoms with Crippen molar-refractivity contribution in [2.45, 2.75) is 26.4 Å². The fourth-order valence-electron chi connectivity index (χ4n) is 0.883. The quantitative estimate of drug-likeness (QED) is 0.611. The van der Waals surface area contributed by atoms with Gasteiger partial charge in [0.1, 0.15) is 10.8 Å². The van der Waals surface area contributed by atoms with Crippen molar-refractivity contribution in [3.8, 4) is 0 Å². The number of hydrogen-bond acceptors (Lipinski definition) is 3. The maximum atomic E-state index is 5.93. The molecule has 0 fully saturated rings. The van der Waals surface area contributed by atoms with Gasteiger partial charge in [-0.1, -0.05) is 30.1 Å². The summed E-state index contributed by atoms with van der Waals surface area (Å²) in [5.41, 5.74) is 0.430. The van der Waals surface area contributed by atoms with Gasteiger partial charge >= 0.3 is 0 Å². The molecule has 0 spiro atoms. The summed E-state index contributed by atoms with van der Waals surface area (Å²) < 4.78 is 5.45. The first-order chi connectivity index (χ1) is 7.04. The molecule has 1 aromatic rings. The number of nitrogens with zero attached hydrogens (tertiary/aromatic N) is 1. The van der Waals surface area contributed by atoms with E-state index in [1.807, 2.05) is 13.8 Å². The molecule has 1 rings (SSSR count). The molecular formula is C10H11Cl2NOS. The minimum Gasteiger partial charge on any atom is -0.479 e. The second-order valence-electron chi connectivity index (χ2n) is 3.09. The molecular weight excluding hydrogens is 253 g/mol. The smallest absolute Gasteiger partial charge is 0.212 e. The van der Waals surface area contributed by atoms with E-state index in [-0.39, 0.29) is 11.2 Å². The lowest BCUT2D eigenvalue weighted by Crippen LogP contribution is -2.14. The Kier molecular flexibility index (Phi) is 4.77. The summed E-state index contributed by atoms with van der Waals surface area (Å²) in [6.07, 6.45) is 0.924. The second kappa shape index (κ2) is 5.64. The first kappa shape index (κ1) is 12.7. The van der Waals surface area contributed by atoms with Crippen molar-refractivity contribution in [2.24, 2.45) is 0 Å². The SMILES string of the molecule is CCC(C)OC(=S)c1nc(Cl)ccc1Cl. The number of rotatable bonds is 3. The van der Waals surface area contributed by atoms with Gasteiger partial charge in [-0.3, -0.25) is 0 Å². The maximum absolute atomic E-state index is 5.93. The molecule has 0 aliphatic carbocycles. The Morgan fingerprint density at radius 1 is 1.53 bits per heavy atom. The first-order valence-corrected chi connectivity index (χ1v) is 5.74. The van der Waals surface area contributed by atoms with Gasteiger partial charge in [-0.05, 0) is 37.7 Å². The standard InChI is InChI=1S/C10H11Cl2NOS/c1-3-6(2)14-10(15)9-7(11)4-5-8(12)13-9/h4-6H,3H2,1-2H3. The third kappa shape index (κ3) is 3.59. The zero-order chi connectivity index (χ0) is 11.4. The van der Waals surface area contributed by atoms with Crippen molar-refractivity contribution >= 4 is 40.5 Å². The van der Waals surface area contributed by atoms with E-state index in [1.54, 1.807) is 12.1 Å². The van der Waals surface area contributed by atoms with Crippen molar-refractivity contribution < 1.29 is 4.74 Å². The number of hydrogen-bond donors (Lipinski definition) is 0. The van der Waals surface area contributed by atoms with Crippen LogP contribution >= 0.6 is 35.4 Å². The predicted molar refractivity (Wildman–Crippen MR) is 66.8 cm³/mol. The molecule has 0 aromatic carbocycles. The van der Waals surface area contributed by atoms with Crippen molar-refractivity contribution in [3.63, 3.8) is 0 Å². The second-order valence-corrected chi connectivity index (χ2v) is 4.25. The van der Waals surface area contributed by atoms with Gasteiger partial charge in [0.15, 0.2) is 0 Å². The van der Waals surface area contributed by atoms with Crippen molar-refractivity contribution in [1.82, 2.24) is 4.98 Å². The van der Waals surface area contributed by atoms with Gasteiger partial charge < -0.3 is 4.74 Å². The molecule has 2 nitrogen and oxygen atoms in total. The number of ether oxygens (including phenoxy) is 1. The van der Waals surface area contributed by atoms with Crippen LogP contribution in [0.1, 0.15) is 26.0 Å². The maximum Gasteiger partial charge on any atom is 0.212 e. The van der Waals surface area contributed by atoms with Gasteiger partial charge in [0.05, 0.1) is 11.1 Å². The fraction of sp³-hybridized carbons (Fsp3) is 0.400. The van der Waals surface area contributed by atoms with Gasteiger partial charge in [-0.15, -0.1) is 0 Å². The molecule has 0 saturated heterocycles. The van der Waals surface area contributed by atoms with Crippen LogP contribution in [0, 0.1) is 0 Å². The number of halogens is 2. The summed E-state index contributed by atoms with van der Waals surface area (Å²) in [6, 6.07) is 3.26. The van der Waals surface area contributed by atoms with Gasteiger partial charge in [-0.25, -0.2) is 4.98 Å². The molecule has 5 heteroatoms. The van der Waals surface area contributed by atoms with E-state index in [1.165, 1.54) is 0 Å². The van der Waals surface area contributed by atoms with E-state index in [0.717, 1.165) is 6.42 Å². The molecule has 0 aliphatic heterocycles. The number of aromatic nitrogens is 1. The molecule has 0 amide bonds. The van der Waals surface area contributed by atoms with E-state index in [4.69, 9.17) is 40.2 Å². The molecule has 0 aliphatic rings. The average molecular weight is 264 g/mol. The molecule has 0 saturated carbocycles. The molecule has 1 aromatic heterocycles. The molecule has 15 heavy (non-hydrogen) atoms. The highest BCUT2D eigenvalue weighted by Gasteiger charge is 2.12. The average Bonchev–Trinajstić information content (AvgIpc) is 2.21. The number of pyridine rings is 1. The van der Waals surface area contributed by atoms with E-state index < -0.39 is 0 Å². The van der Waals surface area contributed by atoms with E-state index >= 15 is 0 Å². The molecule has 0 bridgehead atoms. The van der Waals surface area contributed by atoms with Crippen LogP contribution in [-0.2, 0) is 4.74 Å². The van der Waals surface area contributed by atoms with Crippen molar-refractivity contribution in [3.05, 3.63) is 28.0 Å². The highest BCUT2D eigenvalue weighted by Crippen LogP contribution is 2.19. The normalized spacial score (nSPS) is 12.3. The van der Waals surface area contributed by atoms with Crippen LogP contribution in [0.2, 0.25) is 10.2 Å². The highest BCUT2D eigenvalue weighted by atomic mass is 35.5. The lowest BCUT2D eigenvalue weighted by atomic mass is 10.3. The summed E-state index contributed by atoms with van der Waals surface area (Å²) in [4.78, 5) is 4.03. The van der Waals surface area contributed by atoms with Gasteiger partial charge in [0.2, 0.25) is 5.05 Å². The summed E-state index contributed by atoms with van der Waals surface area (Å²) in [5, 5.41) is 1.09. The van der Waals surface area contributed by atoms with Crippen molar-refractivity contribution in [1.29, 1.82) is 0 Å². The van der Waals surface area contributed by atoms with Crippen LogP contribution in [0.3, 0.4) is 0 Å². The minimum absolute atomic E-state index is 0.0503. The zero-order valence-corrected chi connectivity index (χ0v) is 10.8. The van der Waals surface area contributed by atoms with Crippen LogP contribution in [0.15, 0.2) is 12.1 Å². The third-order valence-electron chi connectivity index (χ3n) is 1.89. The zero-order valence-electron chi connectivity index (χ0n) is 8.46. The fourth-order valence-corrected chi connectivity index (χ4v) is 1.60. The summed E-state index contributed by atoms with van der Waals surface area (Å²) >= 11 is 16.8. The Morgan fingerprint density at radius 3 is 2.80 bits per heavy atom. The van der Waals surface area contributed by atoms with Gasteiger partial charge in [0, 0.05) is 0 Å². The van der Waals surface area contributed by atoms with E-state index in [0.29, 0.717) is 15.9 Å². The van der Waals surface area contributed by atoms with Crippen LogP contribution < -0.4 is 0 Å². The predicted octanol–water partition coefficient (Wildman–Crippen LogP) is 3.88. The van der Waals surface area contributed by atoms with Gasteiger partial charge in [-0.2, -0.15) is 0 Å². The lowest BCUT2D eigenvalue weighted by Gasteiger charge is -2.13. The van der Waals surface area contributed by atoms with Crippen LogP contribution in [0.25, 0.3) is 0 Å². The van der Waals surface area contributed by atoms with Gasteiger partial charge in [0.25, 0.3) is 0 Å². The van der Waals surface area contributed by atoms with Crippen LogP contribution in [0.5, 0.6) is 0 Å². The Hall–Kier alpha value is -0.380. The molecule has 1 heterocycles. The Balaban J connectivity index is 2.86. The van der Waals surface area contributed by atoms with Crippen LogP contribution in [-0.4, -0.2) is 16.1 Å². The number of thiocarbonyl (C=S) groups is 1. The molecule has 1 atom stereocenters. The minimum atomic E-state index is 0.0503. The van der Waals surface area contributed by atoms with E-state index in [2.05, 4.69) is 4.98 Å². The summed E-state index contributed by atoms with van der Waals surface area (Å²) in [6.45, 7) is 3.95. The summed E-state index contributed by atoms with van der Waals surface area (Å²) in [5.74, 6) is 0. The van der Waals surface area contributed by atoms with Crippen molar-refractivity contribution in [2.75, 3.05) is 0 Å². The largest absolute Gasteiger partial charge is 0.479 e.